The molecule has 2 aliphatic heterocycles. The zero-order valence-electron chi connectivity index (χ0n) is 8.41. The van der Waals surface area contributed by atoms with E-state index in [1.165, 1.54) is 0 Å². The molecule has 5 N–H and O–H groups in total. The van der Waals surface area contributed by atoms with Crippen LogP contribution in [0, 0.1) is 6.92 Å². The Balaban J connectivity index is 1.74. The van der Waals surface area contributed by atoms with Crippen LogP contribution in [-0.2, 0) is 0 Å². The summed E-state index contributed by atoms with van der Waals surface area (Å²) in [5, 5.41) is 9.32. The van der Waals surface area contributed by atoms with Gasteiger partial charge >= 0.3 is 0 Å². The molecule has 1 aromatic rings. The van der Waals surface area contributed by atoms with Gasteiger partial charge in [-0.3, -0.25) is 10.6 Å². The van der Waals surface area contributed by atoms with E-state index in [0.29, 0.717) is 12.1 Å². The molecule has 3 rings (SSSR count). The topological polar surface area (TPSA) is 94.3 Å². The fourth-order valence-electron chi connectivity index (χ4n) is 1.55. The van der Waals surface area contributed by atoms with Gasteiger partial charge in [-0.15, -0.1) is 0 Å². The van der Waals surface area contributed by atoms with Crippen molar-refractivity contribution in [3.63, 3.8) is 0 Å². The standard InChI is InChI=1S/C10H13N5/c1-6-4-2-3-5-7(6)12-9(11)15-10-8(13-10)14-10/h2-5,8,13-14H,1H3,(H3,11,12,15). The van der Waals surface area contributed by atoms with E-state index in [1.807, 2.05) is 31.2 Å². The van der Waals surface area contributed by atoms with Gasteiger partial charge in [-0.05, 0) is 18.6 Å². The predicted octanol–water partition coefficient (Wildman–Crippen LogP) is -0.0921. The number of benzene rings is 1. The summed E-state index contributed by atoms with van der Waals surface area (Å²) in [6.45, 7) is 2.03. The lowest BCUT2D eigenvalue weighted by atomic mass is 10.2. The summed E-state index contributed by atoms with van der Waals surface area (Å²) in [6, 6.07) is 7.97. The maximum Gasteiger partial charge on any atom is 0.200 e. The summed E-state index contributed by atoms with van der Waals surface area (Å²) < 4.78 is 0. The molecular formula is C10H13N5. The highest BCUT2D eigenvalue weighted by Gasteiger charge is 2.71. The van der Waals surface area contributed by atoms with Crippen LogP contribution >= 0.6 is 0 Å². The van der Waals surface area contributed by atoms with E-state index in [4.69, 9.17) is 5.73 Å². The molecular weight excluding hydrogens is 190 g/mol. The minimum atomic E-state index is -0.236. The normalized spacial score (nSPS) is 32.1. The van der Waals surface area contributed by atoms with Gasteiger partial charge in [0.15, 0.2) is 5.96 Å². The molecule has 2 heterocycles. The maximum atomic E-state index is 5.79. The number of aliphatic imine (C=N–C) groups is 1. The lowest BCUT2D eigenvalue weighted by molar-refractivity contribution is 0.658. The van der Waals surface area contributed by atoms with Crippen molar-refractivity contribution in [2.24, 2.45) is 10.7 Å². The molecule has 2 saturated heterocycles. The molecule has 1 aromatic carbocycles. The number of guanidine groups is 1. The molecule has 0 radical (unpaired) electrons. The zero-order chi connectivity index (χ0) is 10.5. The second-order valence-corrected chi connectivity index (χ2v) is 3.93. The Hall–Kier alpha value is -1.59. The van der Waals surface area contributed by atoms with E-state index >= 15 is 0 Å². The first kappa shape index (κ1) is 8.70. The van der Waals surface area contributed by atoms with Crippen molar-refractivity contribution in [2.75, 3.05) is 5.32 Å². The van der Waals surface area contributed by atoms with Gasteiger partial charge in [0.05, 0.1) is 0 Å². The Bertz CT molecular complexity index is 433. The van der Waals surface area contributed by atoms with E-state index < -0.39 is 0 Å². The van der Waals surface area contributed by atoms with E-state index in [9.17, 15) is 0 Å². The minimum Gasteiger partial charge on any atom is -0.370 e. The number of nitrogens with zero attached hydrogens (tertiary/aromatic N) is 1. The summed E-state index contributed by atoms with van der Waals surface area (Å²) in [4.78, 5) is 4.29. The molecule has 0 bridgehead atoms. The fraction of sp³-hybridized carbons (Fsp3) is 0.300. The van der Waals surface area contributed by atoms with E-state index in [2.05, 4.69) is 20.9 Å². The van der Waals surface area contributed by atoms with Crippen molar-refractivity contribution in [3.05, 3.63) is 29.8 Å². The largest absolute Gasteiger partial charge is 0.370 e. The second kappa shape index (κ2) is 2.71. The number of anilines is 1. The van der Waals surface area contributed by atoms with Crippen LogP contribution in [0.25, 0.3) is 0 Å². The minimum absolute atomic E-state index is 0.236. The Kier molecular flexibility index (Phi) is 1.57. The lowest BCUT2D eigenvalue weighted by Crippen LogP contribution is -2.29. The predicted molar refractivity (Wildman–Crippen MR) is 59.2 cm³/mol. The van der Waals surface area contributed by atoms with Crippen LogP contribution in [0.1, 0.15) is 5.56 Å². The van der Waals surface area contributed by atoms with E-state index in [1.54, 1.807) is 0 Å². The summed E-state index contributed by atoms with van der Waals surface area (Å²) in [6.07, 6.45) is 0.342. The van der Waals surface area contributed by atoms with Crippen molar-refractivity contribution < 1.29 is 0 Å². The molecule has 0 unspecified atom stereocenters. The third-order valence-electron chi connectivity index (χ3n) is 2.68. The van der Waals surface area contributed by atoms with Crippen molar-refractivity contribution in [1.82, 2.24) is 10.6 Å². The first-order valence-corrected chi connectivity index (χ1v) is 4.93. The first-order valence-electron chi connectivity index (χ1n) is 4.93. The van der Waals surface area contributed by atoms with Crippen molar-refractivity contribution in [2.45, 2.75) is 18.9 Å². The lowest BCUT2D eigenvalue weighted by Gasteiger charge is -2.08. The van der Waals surface area contributed by atoms with Crippen LogP contribution in [0.3, 0.4) is 0 Å². The summed E-state index contributed by atoms with van der Waals surface area (Å²) in [7, 11) is 0. The Labute approximate surface area is 87.8 Å². The third-order valence-corrected chi connectivity index (χ3v) is 2.68. The highest BCUT2D eigenvalue weighted by molar-refractivity contribution is 5.93. The van der Waals surface area contributed by atoms with Crippen LogP contribution in [-0.4, -0.2) is 17.9 Å². The quantitative estimate of drug-likeness (QED) is 0.307. The van der Waals surface area contributed by atoms with Gasteiger partial charge < -0.3 is 11.1 Å². The molecule has 0 aromatic heterocycles. The highest BCUT2D eigenvalue weighted by atomic mass is 15.7. The summed E-state index contributed by atoms with van der Waals surface area (Å²) >= 11 is 0. The molecule has 0 amide bonds. The SMILES string of the molecule is Cc1ccccc1NC(N)=NC12NC1N2. The number of nitrogens with two attached hydrogens (primary N) is 1. The smallest absolute Gasteiger partial charge is 0.200 e. The van der Waals surface area contributed by atoms with Gasteiger partial charge in [-0.25, -0.2) is 4.99 Å². The number of para-hydroxylation sites is 1. The summed E-state index contributed by atoms with van der Waals surface area (Å²) in [5.41, 5.74) is 7.93. The number of hydrogen-bond donors (Lipinski definition) is 4. The van der Waals surface area contributed by atoms with Crippen LogP contribution in [0.5, 0.6) is 0 Å². The summed E-state index contributed by atoms with van der Waals surface area (Å²) in [5.74, 6) is 0.198. The Morgan fingerprint density at radius 1 is 1.47 bits per heavy atom. The molecule has 0 spiro atoms. The molecule has 5 nitrogen and oxygen atoms in total. The number of nitrogens with one attached hydrogen (secondary N) is 3. The average Bonchev–Trinajstić information content (AvgIpc) is 2.98. The van der Waals surface area contributed by atoms with Crippen LogP contribution < -0.4 is 21.7 Å². The average molecular weight is 203 g/mol. The molecule has 0 aliphatic carbocycles. The molecule has 5 heteroatoms. The van der Waals surface area contributed by atoms with Gasteiger partial charge in [0.1, 0.15) is 6.17 Å². The van der Waals surface area contributed by atoms with Crippen molar-refractivity contribution >= 4 is 11.6 Å². The molecule has 78 valence electrons. The number of aryl methyl sites for hydroxylation is 1. The van der Waals surface area contributed by atoms with Gasteiger partial charge in [-0.1, -0.05) is 18.2 Å². The maximum absolute atomic E-state index is 5.79. The molecule has 15 heavy (non-hydrogen) atoms. The molecule has 2 fully saturated rings. The molecule has 0 saturated carbocycles. The van der Waals surface area contributed by atoms with Crippen LogP contribution in [0.4, 0.5) is 5.69 Å². The number of rotatable bonds is 2. The fourth-order valence-corrected chi connectivity index (χ4v) is 1.55. The van der Waals surface area contributed by atoms with Gasteiger partial charge in [0, 0.05) is 5.69 Å². The number of hydrogen-bond acceptors (Lipinski definition) is 3. The Morgan fingerprint density at radius 3 is 2.73 bits per heavy atom. The second-order valence-electron chi connectivity index (χ2n) is 3.93. The van der Waals surface area contributed by atoms with Gasteiger partial charge in [0.25, 0.3) is 0 Å². The molecule has 0 atom stereocenters. The highest BCUT2D eigenvalue weighted by Crippen LogP contribution is 2.38. The van der Waals surface area contributed by atoms with E-state index in [-0.39, 0.29) is 5.79 Å². The van der Waals surface area contributed by atoms with Gasteiger partial charge in [0.2, 0.25) is 5.79 Å². The zero-order valence-corrected chi connectivity index (χ0v) is 8.41. The van der Waals surface area contributed by atoms with E-state index in [0.717, 1.165) is 11.3 Å². The van der Waals surface area contributed by atoms with Crippen LogP contribution in [0.15, 0.2) is 29.3 Å². The molecule has 2 aliphatic rings. The van der Waals surface area contributed by atoms with Gasteiger partial charge in [-0.2, -0.15) is 0 Å². The monoisotopic (exact) mass is 203 g/mol. The van der Waals surface area contributed by atoms with Crippen molar-refractivity contribution in [3.8, 4) is 0 Å². The van der Waals surface area contributed by atoms with Crippen LogP contribution in [0.2, 0.25) is 0 Å². The van der Waals surface area contributed by atoms with Crippen molar-refractivity contribution in [1.29, 1.82) is 0 Å². The number of fused-ring (bicyclic) bond motifs is 1. The first-order chi connectivity index (χ1) is 7.20. The third kappa shape index (κ3) is 1.45. The Morgan fingerprint density at radius 2 is 2.13 bits per heavy atom.